The number of rotatable bonds is 11. The topological polar surface area (TPSA) is 78.5 Å². The molecule has 7 heteroatoms. The van der Waals surface area contributed by atoms with Crippen LogP contribution in [0, 0.1) is 0 Å². The minimum atomic E-state index is -3.58. The largest absolute Gasteiger partial charge is 0.350 e. The third-order valence-electron chi connectivity index (χ3n) is 5.29. The average Bonchev–Trinajstić information content (AvgIpc) is 2.76. The van der Waals surface area contributed by atoms with Crippen LogP contribution in [0.25, 0.3) is 0 Å². The van der Waals surface area contributed by atoms with Crippen LogP contribution < -0.4 is 10.0 Å². The molecule has 6 nitrogen and oxygen atoms in total. The normalized spacial score (nSPS) is 13.8. The van der Waals surface area contributed by atoms with Crippen LogP contribution in [-0.4, -0.2) is 44.9 Å². The summed E-state index contributed by atoms with van der Waals surface area (Å²) in [7, 11) is -3.58. The number of nitrogens with zero attached hydrogens (tertiary/aromatic N) is 1. The molecule has 0 bridgehead atoms. The van der Waals surface area contributed by atoms with Gasteiger partial charge in [-0.05, 0) is 56.3 Å². The number of hydrogen-bond donors (Lipinski definition) is 2. The van der Waals surface area contributed by atoms with Crippen molar-refractivity contribution in [3.63, 3.8) is 0 Å². The summed E-state index contributed by atoms with van der Waals surface area (Å²) in [5.74, 6) is -0.220. The van der Waals surface area contributed by atoms with Crippen LogP contribution in [0.4, 0.5) is 0 Å². The lowest BCUT2D eigenvalue weighted by Crippen LogP contribution is -2.38. The van der Waals surface area contributed by atoms with E-state index >= 15 is 0 Å². The van der Waals surface area contributed by atoms with Gasteiger partial charge in [0.2, 0.25) is 10.0 Å². The van der Waals surface area contributed by atoms with Gasteiger partial charge >= 0.3 is 0 Å². The summed E-state index contributed by atoms with van der Waals surface area (Å²) in [6, 6.07) is 16.1. The van der Waals surface area contributed by atoms with E-state index in [0.29, 0.717) is 18.5 Å². The summed E-state index contributed by atoms with van der Waals surface area (Å²) in [6.45, 7) is 10.2. The minimum Gasteiger partial charge on any atom is -0.350 e. The molecule has 30 heavy (non-hydrogen) atoms. The maximum absolute atomic E-state index is 12.7. The van der Waals surface area contributed by atoms with Crippen molar-refractivity contribution in [3.05, 3.63) is 65.7 Å². The molecule has 2 N–H and O–H groups in total. The molecule has 164 valence electrons. The zero-order chi connectivity index (χ0) is 22.1. The molecule has 2 unspecified atom stereocenters. The second-order valence-corrected chi connectivity index (χ2v) is 9.03. The molecule has 0 spiro atoms. The molecule has 2 aromatic rings. The quantitative estimate of drug-likeness (QED) is 0.570. The summed E-state index contributed by atoms with van der Waals surface area (Å²) in [5.41, 5.74) is 1.59. The van der Waals surface area contributed by atoms with Gasteiger partial charge in [-0.25, -0.2) is 13.1 Å². The molecule has 0 aliphatic heterocycles. The van der Waals surface area contributed by atoms with Crippen molar-refractivity contribution >= 4 is 15.9 Å². The molecule has 2 aromatic carbocycles. The predicted octanol–water partition coefficient (Wildman–Crippen LogP) is 3.58. The van der Waals surface area contributed by atoms with E-state index in [1.165, 1.54) is 12.1 Å². The van der Waals surface area contributed by atoms with E-state index in [2.05, 4.69) is 40.9 Å². The Kier molecular flexibility index (Phi) is 9.02. The first-order chi connectivity index (χ1) is 14.3. The number of hydrogen-bond acceptors (Lipinski definition) is 4. The Morgan fingerprint density at radius 3 is 2.10 bits per heavy atom. The van der Waals surface area contributed by atoms with Gasteiger partial charge in [0.25, 0.3) is 5.91 Å². The summed E-state index contributed by atoms with van der Waals surface area (Å²) in [6.07, 6.45) is 0.703. The van der Waals surface area contributed by atoms with Crippen LogP contribution in [0.5, 0.6) is 0 Å². The van der Waals surface area contributed by atoms with Crippen molar-refractivity contribution in [3.8, 4) is 0 Å². The Balaban J connectivity index is 2.09. The number of nitrogens with one attached hydrogen (secondary N) is 2. The molecule has 0 heterocycles. The van der Waals surface area contributed by atoms with Crippen molar-refractivity contribution in [2.75, 3.05) is 19.6 Å². The van der Waals surface area contributed by atoms with Crippen molar-refractivity contribution < 1.29 is 13.2 Å². The SMILES string of the molecule is CCC(C)NS(=O)(=O)c1ccc(C(=O)NCC(c2ccccc2)N(CC)CC)cc1. The maximum atomic E-state index is 12.7. The summed E-state index contributed by atoms with van der Waals surface area (Å²) in [5, 5.41) is 3.00. The maximum Gasteiger partial charge on any atom is 0.251 e. The predicted molar refractivity (Wildman–Crippen MR) is 121 cm³/mol. The Hall–Kier alpha value is -2.22. The van der Waals surface area contributed by atoms with E-state index in [1.807, 2.05) is 32.0 Å². The first-order valence-corrected chi connectivity index (χ1v) is 12.0. The van der Waals surface area contributed by atoms with Gasteiger partial charge in [0.15, 0.2) is 0 Å². The highest BCUT2D eigenvalue weighted by molar-refractivity contribution is 7.89. The van der Waals surface area contributed by atoms with Crippen LogP contribution in [-0.2, 0) is 10.0 Å². The van der Waals surface area contributed by atoms with Crippen LogP contribution >= 0.6 is 0 Å². The summed E-state index contributed by atoms with van der Waals surface area (Å²) >= 11 is 0. The van der Waals surface area contributed by atoms with E-state index in [0.717, 1.165) is 18.7 Å². The van der Waals surface area contributed by atoms with Gasteiger partial charge in [0.05, 0.1) is 10.9 Å². The fourth-order valence-corrected chi connectivity index (χ4v) is 4.62. The fraction of sp³-hybridized carbons (Fsp3) is 0.435. The highest BCUT2D eigenvalue weighted by atomic mass is 32.2. The smallest absolute Gasteiger partial charge is 0.251 e. The van der Waals surface area contributed by atoms with Crippen molar-refractivity contribution in [1.29, 1.82) is 0 Å². The third kappa shape index (κ3) is 6.39. The minimum absolute atomic E-state index is 0.0736. The van der Waals surface area contributed by atoms with Gasteiger partial charge in [-0.2, -0.15) is 0 Å². The number of sulfonamides is 1. The molecule has 0 aliphatic carbocycles. The number of benzene rings is 2. The highest BCUT2D eigenvalue weighted by Crippen LogP contribution is 2.20. The van der Waals surface area contributed by atoms with Gasteiger partial charge < -0.3 is 5.32 Å². The Morgan fingerprint density at radius 1 is 0.967 bits per heavy atom. The van der Waals surface area contributed by atoms with E-state index in [9.17, 15) is 13.2 Å². The zero-order valence-electron chi connectivity index (χ0n) is 18.3. The number of carbonyl (C=O) groups excluding carboxylic acids is 1. The van der Waals surface area contributed by atoms with E-state index < -0.39 is 10.0 Å². The lowest BCUT2D eigenvalue weighted by atomic mass is 10.0. The third-order valence-corrected chi connectivity index (χ3v) is 6.89. The second-order valence-electron chi connectivity index (χ2n) is 7.31. The molecule has 0 fully saturated rings. The standard InChI is InChI=1S/C23H33N3O3S/c1-5-18(4)25-30(28,29)21-15-13-20(14-16-21)23(27)24-17-22(26(6-2)7-3)19-11-9-8-10-12-19/h8-16,18,22,25H,5-7,17H2,1-4H3,(H,24,27). The molecule has 0 saturated heterocycles. The average molecular weight is 432 g/mol. The lowest BCUT2D eigenvalue weighted by Gasteiger charge is -2.30. The van der Waals surface area contributed by atoms with Crippen molar-refractivity contribution in [2.24, 2.45) is 0 Å². The van der Waals surface area contributed by atoms with Gasteiger partial charge in [-0.15, -0.1) is 0 Å². The number of amides is 1. The first kappa shape index (κ1) is 24.1. The van der Waals surface area contributed by atoms with Gasteiger partial charge in [-0.3, -0.25) is 9.69 Å². The number of carbonyl (C=O) groups is 1. The van der Waals surface area contributed by atoms with Crippen LogP contribution in [0.1, 0.15) is 56.1 Å². The summed E-state index contributed by atoms with van der Waals surface area (Å²) < 4.78 is 27.4. The van der Waals surface area contributed by atoms with E-state index in [-0.39, 0.29) is 22.9 Å². The highest BCUT2D eigenvalue weighted by Gasteiger charge is 2.20. The van der Waals surface area contributed by atoms with Crippen LogP contribution in [0.3, 0.4) is 0 Å². The number of likely N-dealkylation sites (N-methyl/N-ethyl adjacent to an activating group) is 1. The molecule has 2 atom stereocenters. The molecule has 1 amide bonds. The Morgan fingerprint density at radius 2 is 1.57 bits per heavy atom. The van der Waals surface area contributed by atoms with Gasteiger partial charge in [0, 0.05) is 18.2 Å². The molecule has 0 saturated carbocycles. The monoisotopic (exact) mass is 431 g/mol. The van der Waals surface area contributed by atoms with E-state index in [4.69, 9.17) is 0 Å². The molecule has 0 aliphatic rings. The molecule has 2 rings (SSSR count). The van der Waals surface area contributed by atoms with Crippen molar-refractivity contribution in [1.82, 2.24) is 14.9 Å². The van der Waals surface area contributed by atoms with Crippen molar-refractivity contribution in [2.45, 2.75) is 51.1 Å². The Bertz CT molecular complexity index is 895. The van der Waals surface area contributed by atoms with E-state index in [1.54, 1.807) is 12.1 Å². The molecular formula is C23H33N3O3S. The Labute approximate surface area is 180 Å². The van der Waals surface area contributed by atoms with Crippen LogP contribution in [0.2, 0.25) is 0 Å². The lowest BCUT2D eigenvalue weighted by molar-refractivity contribution is 0.0935. The summed E-state index contributed by atoms with van der Waals surface area (Å²) in [4.78, 5) is 15.1. The molecular weight excluding hydrogens is 398 g/mol. The zero-order valence-corrected chi connectivity index (χ0v) is 19.1. The van der Waals surface area contributed by atoms with Gasteiger partial charge in [0.1, 0.15) is 0 Å². The molecule has 0 aromatic heterocycles. The van der Waals surface area contributed by atoms with Crippen LogP contribution in [0.15, 0.2) is 59.5 Å². The first-order valence-electron chi connectivity index (χ1n) is 10.5. The van der Waals surface area contributed by atoms with Gasteiger partial charge in [-0.1, -0.05) is 51.1 Å². The second kappa shape index (κ2) is 11.2. The molecule has 0 radical (unpaired) electrons. The fourth-order valence-electron chi connectivity index (χ4n) is 3.29.